The third-order valence-electron chi connectivity index (χ3n) is 5.67. The summed E-state index contributed by atoms with van der Waals surface area (Å²) >= 11 is 1.52. The van der Waals surface area contributed by atoms with E-state index in [1.54, 1.807) is 24.3 Å². The summed E-state index contributed by atoms with van der Waals surface area (Å²) in [5.74, 6) is 1.92. The van der Waals surface area contributed by atoms with E-state index in [1.165, 1.54) is 11.8 Å². The summed E-state index contributed by atoms with van der Waals surface area (Å²) in [6.07, 6.45) is 8.03. The number of hydrogen-bond acceptors (Lipinski definition) is 6. The third kappa shape index (κ3) is 3.63. The summed E-state index contributed by atoms with van der Waals surface area (Å²) < 4.78 is 38.6. The Morgan fingerprint density at radius 3 is 2.64 bits per heavy atom. The van der Waals surface area contributed by atoms with Crippen molar-refractivity contribution in [3.05, 3.63) is 108 Å². The van der Waals surface area contributed by atoms with Gasteiger partial charge < -0.3 is 14.4 Å². The van der Waals surface area contributed by atoms with Crippen LogP contribution in [0.2, 0.25) is 0 Å². The SMILES string of the molecule is O=S(=O)(c1ccc(CN2C=CC3=CCOC3=C2)cc1)c1cccc2c1Oc1ccccc1S2. The molecule has 0 aromatic heterocycles. The number of ether oxygens (including phenoxy) is 2. The van der Waals surface area contributed by atoms with E-state index < -0.39 is 9.84 Å². The molecule has 0 saturated carbocycles. The van der Waals surface area contributed by atoms with Crippen LogP contribution in [0.15, 0.2) is 122 Å². The summed E-state index contributed by atoms with van der Waals surface area (Å²) in [7, 11) is -3.75. The number of rotatable bonds is 4. The molecule has 0 amide bonds. The highest BCUT2D eigenvalue weighted by molar-refractivity contribution is 7.99. The molecule has 3 aromatic carbocycles. The summed E-state index contributed by atoms with van der Waals surface area (Å²) in [5.41, 5.74) is 2.10. The number of sulfone groups is 1. The van der Waals surface area contributed by atoms with Crippen LogP contribution >= 0.6 is 11.8 Å². The molecule has 3 aromatic rings. The van der Waals surface area contributed by atoms with Gasteiger partial charge in [0.2, 0.25) is 9.84 Å². The number of para-hydroxylation sites is 2. The number of hydrogen-bond donors (Lipinski definition) is 0. The molecule has 0 spiro atoms. The Hall–Kier alpha value is -3.42. The predicted molar refractivity (Wildman–Crippen MR) is 126 cm³/mol. The monoisotopic (exact) mass is 473 g/mol. The first-order valence-electron chi connectivity index (χ1n) is 10.5. The molecule has 3 aliphatic heterocycles. The fraction of sp³-hybridized carbons (Fsp3) is 0.0769. The van der Waals surface area contributed by atoms with Gasteiger partial charge in [-0.3, -0.25) is 0 Å². The minimum Gasteiger partial charge on any atom is -0.487 e. The standard InChI is InChI=1S/C26H19NO4S2/c28-33(29,25-7-3-6-24-26(25)31-21-4-1-2-5-23(21)32-24)20-10-8-18(9-11-20)16-27-14-12-19-13-15-30-22(19)17-27/h1-14,17H,15-16H2. The van der Waals surface area contributed by atoms with Gasteiger partial charge in [0.1, 0.15) is 23.0 Å². The molecule has 33 heavy (non-hydrogen) atoms. The Morgan fingerprint density at radius 2 is 1.76 bits per heavy atom. The average Bonchev–Trinajstić information content (AvgIpc) is 3.30. The molecule has 0 N–H and O–H groups in total. The van der Waals surface area contributed by atoms with Crippen LogP contribution in [0.5, 0.6) is 11.5 Å². The van der Waals surface area contributed by atoms with E-state index in [2.05, 4.69) is 0 Å². The molecule has 0 fully saturated rings. The van der Waals surface area contributed by atoms with Crippen LogP contribution < -0.4 is 4.74 Å². The van der Waals surface area contributed by atoms with Crippen molar-refractivity contribution in [1.29, 1.82) is 0 Å². The maximum Gasteiger partial charge on any atom is 0.210 e. The van der Waals surface area contributed by atoms with Crippen molar-refractivity contribution in [3.63, 3.8) is 0 Å². The van der Waals surface area contributed by atoms with E-state index in [0.717, 1.165) is 26.7 Å². The molecule has 0 bridgehead atoms. The molecule has 6 rings (SSSR count). The van der Waals surface area contributed by atoms with Gasteiger partial charge in [0, 0.05) is 24.5 Å². The molecule has 0 atom stereocenters. The number of allylic oxidation sites excluding steroid dienone is 1. The predicted octanol–water partition coefficient (Wildman–Crippen LogP) is 5.90. The Kier molecular flexibility index (Phi) is 4.81. The molecule has 7 heteroatoms. The van der Waals surface area contributed by atoms with E-state index in [4.69, 9.17) is 9.47 Å². The molecule has 164 valence electrons. The van der Waals surface area contributed by atoms with Crippen molar-refractivity contribution in [1.82, 2.24) is 4.90 Å². The van der Waals surface area contributed by atoms with Gasteiger partial charge in [-0.05, 0) is 54.1 Å². The zero-order valence-electron chi connectivity index (χ0n) is 17.5. The molecular formula is C26H19NO4S2. The summed E-state index contributed by atoms with van der Waals surface area (Å²) in [5, 5.41) is 0. The van der Waals surface area contributed by atoms with Crippen LogP contribution in [-0.2, 0) is 21.1 Å². The Balaban J connectivity index is 1.27. The van der Waals surface area contributed by atoms with Crippen LogP contribution in [0.25, 0.3) is 0 Å². The van der Waals surface area contributed by atoms with Crippen molar-refractivity contribution in [3.8, 4) is 11.5 Å². The first kappa shape index (κ1) is 20.2. The van der Waals surface area contributed by atoms with Crippen LogP contribution in [-0.4, -0.2) is 19.9 Å². The molecule has 3 aliphatic rings. The lowest BCUT2D eigenvalue weighted by atomic mass is 10.1. The lowest BCUT2D eigenvalue weighted by molar-refractivity contribution is 0.265. The molecule has 5 nitrogen and oxygen atoms in total. The maximum atomic E-state index is 13.5. The van der Waals surface area contributed by atoms with Gasteiger partial charge in [-0.15, -0.1) is 0 Å². The highest BCUT2D eigenvalue weighted by Crippen LogP contribution is 2.49. The molecule has 0 radical (unpaired) electrons. The molecule has 0 saturated heterocycles. The second-order valence-corrected chi connectivity index (χ2v) is 10.8. The van der Waals surface area contributed by atoms with Gasteiger partial charge in [-0.25, -0.2) is 8.42 Å². The quantitative estimate of drug-likeness (QED) is 0.368. The van der Waals surface area contributed by atoms with Crippen molar-refractivity contribution < 1.29 is 17.9 Å². The molecule has 0 aliphatic carbocycles. The Labute approximate surface area is 196 Å². The van der Waals surface area contributed by atoms with E-state index in [9.17, 15) is 8.42 Å². The summed E-state index contributed by atoms with van der Waals surface area (Å²) in [6, 6.07) is 19.9. The first-order valence-corrected chi connectivity index (χ1v) is 12.8. The zero-order valence-corrected chi connectivity index (χ0v) is 19.1. The van der Waals surface area contributed by atoms with Crippen molar-refractivity contribution >= 4 is 21.6 Å². The van der Waals surface area contributed by atoms with Crippen LogP contribution in [0.1, 0.15) is 5.56 Å². The van der Waals surface area contributed by atoms with Gasteiger partial charge >= 0.3 is 0 Å². The Morgan fingerprint density at radius 1 is 0.939 bits per heavy atom. The summed E-state index contributed by atoms with van der Waals surface area (Å²) in [4.78, 5) is 4.20. The smallest absolute Gasteiger partial charge is 0.210 e. The van der Waals surface area contributed by atoms with E-state index >= 15 is 0 Å². The van der Waals surface area contributed by atoms with Crippen LogP contribution in [0, 0.1) is 0 Å². The third-order valence-corrected chi connectivity index (χ3v) is 8.56. The van der Waals surface area contributed by atoms with Crippen molar-refractivity contribution in [2.45, 2.75) is 26.1 Å². The van der Waals surface area contributed by atoms with Crippen molar-refractivity contribution in [2.75, 3.05) is 6.61 Å². The first-order chi connectivity index (χ1) is 16.1. The second-order valence-electron chi connectivity index (χ2n) is 7.83. The van der Waals surface area contributed by atoms with Gasteiger partial charge in [0.05, 0.1) is 14.7 Å². The van der Waals surface area contributed by atoms with Crippen molar-refractivity contribution in [2.24, 2.45) is 0 Å². The van der Waals surface area contributed by atoms with Gasteiger partial charge in [0.15, 0.2) is 5.75 Å². The van der Waals surface area contributed by atoms with Gasteiger partial charge in [-0.1, -0.05) is 42.1 Å². The van der Waals surface area contributed by atoms with Crippen LogP contribution in [0.4, 0.5) is 0 Å². The average molecular weight is 474 g/mol. The minimum absolute atomic E-state index is 0.177. The van der Waals surface area contributed by atoms with Crippen LogP contribution in [0.3, 0.4) is 0 Å². The van der Waals surface area contributed by atoms with E-state index in [0.29, 0.717) is 24.7 Å². The van der Waals surface area contributed by atoms with E-state index in [1.807, 2.05) is 71.9 Å². The minimum atomic E-state index is -3.75. The molecule has 3 heterocycles. The fourth-order valence-electron chi connectivity index (χ4n) is 3.98. The number of nitrogens with zero attached hydrogens (tertiary/aromatic N) is 1. The van der Waals surface area contributed by atoms with E-state index in [-0.39, 0.29) is 9.79 Å². The normalized spacial score (nSPS) is 16.1. The van der Waals surface area contributed by atoms with Gasteiger partial charge in [-0.2, -0.15) is 0 Å². The second kappa shape index (κ2) is 7.86. The maximum absolute atomic E-state index is 13.5. The Bertz CT molecular complexity index is 1450. The van der Waals surface area contributed by atoms with Gasteiger partial charge in [0.25, 0.3) is 0 Å². The topological polar surface area (TPSA) is 55.8 Å². The number of fused-ring (bicyclic) bond motifs is 3. The summed E-state index contributed by atoms with van der Waals surface area (Å²) in [6.45, 7) is 1.22. The zero-order chi connectivity index (χ0) is 22.4. The largest absolute Gasteiger partial charge is 0.487 e. The molecule has 0 unspecified atom stereocenters. The highest BCUT2D eigenvalue weighted by atomic mass is 32.2. The highest BCUT2D eigenvalue weighted by Gasteiger charge is 2.28. The lowest BCUT2D eigenvalue weighted by Gasteiger charge is -2.22. The number of benzene rings is 3. The lowest BCUT2D eigenvalue weighted by Crippen LogP contribution is -2.13. The molecular weight excluding hydrogens is 454 g/mol. The fourth-order valence-corrected chi connectivity index (χ4v) is 6.43.